The molecule has 0 atom stereocenters. The number of nitrogens with zero attached hydrogens (tertiary/aromatic N) is 1. The van der Waals surface area contributed by atoms with E-state index >= 15 is 0 Å². The molecule has 0 saturated carbocycles. The molecule has 0 amide bonds. The number of aromatic nitrogens is 1. The van der Waals surface area contributed by atoms with Crippen molar-refractivity contribution in [2.24, 2.45) is 0 Å². The van der Waals surface area contributed by atoms with E-state index in [0.29, 0.717) is 0 Å². The Balaban J connectivity index is 1.74. The molecule has 1 aromatic carbocycles. The Labute approximate surface area is 143 Å². The van der Waals surface area contributed by atoms with Crippen molar-refractivity contribution in [1.82, 2.24) is 4.98 Å². The minimum absolute atomic E-state index is 1.11. The second-order valence-electron chi connectivity index (χ2n) is 5.92. The van der Waals surface area contributed by atoms with Crippen molar-refractivity contribution < 1.29 is 0 Å². The Bertz CT molecular complexity index is 531. The van der Waals surface area contributed by atoms with Crippen LogP contribution < -0.4 is 0 Å². The first-order valence-electron chi connectivity index (χ1n) is 8.50. The first-order chi connectivity index (χ1) is 10.8. The van der Waals surface area contributed by atoms with Gasteiger partial charge in [0.2, 0.25) is 0 Å². The first-order valence-corrected chi connectivity index (χ1v) is 9.30. The van der Waals surface area contributed by atoms with Crippen LogP contribution in [0.15, 0.2) is 47.1 Å². The van der Waals surface area contributed by atoms with Gasteiger partial charge in [-0.3, -0.25) is 4.98 Å². The van der Waals surface area contributed by atoms with Gasteiger partial charge < -0.3 is 0 Å². The van der Waals surface area contributed by atoms with E-state index in [4.69, 9.17) is 0 Å². The van der Waals surface area contributed by atoms with Gasteiger partial charge in [0.1, 0.15) is 0 Å². The molecule has 0 aliphatic rings. The van der Waals surface area contributed by atoms with Crippen LogP contribution in [-0.2, 0) is 6.42 Å². The number of halogens is 1. The minimum atomic E-state index is 1.11. The summed E-state index contributed by atoms with van der Waals surface area (Å²) < 4.78 is 1.11. The molecule has 22 heavy (non-hydrogen) atoms. The maximum absolute atomic E-state index is 4.61. The number of unbranched alkanes of at least 4 members (excludes halogenated alkanes) is 6. The lowest BCUT2D eigenvalue weighted by atomic mass is 10.1. The molecule has 2 aromatic rings. The molecule has 0 spiro atoms. The fraction of sp³-hybridized carbons (Fsp3) is 0.450. The zero-order valence-electron chi connectivity index (χ0n) is 13.5. The molecule has 0 radical (unpaired) electrons. The Morgan fingerprint density at radius 2 is 1.41 bits per heavy atom. The number of hydrogen-bond acceptors (Lipinski definition) is 1. The summed E-state index contributed by atoms with van der Waals surface area (Å²) in [6.07, 6.45) is 12.6. The summed E-state index contributed by atoms with van der Waals surface area (Å²) in [6.45, 7) is 2.27. The maximum Gasteiger partial charge on any atom is 0.0404 e. The number of aryl methyl sites for hydroxylation is 1. The van der Waals surface area contributed by atoms with Gasteiger partial charge >= 0.3 is 0 Å². The zero-order valence-corrected chi connectivity index (χ0v) is 15.1. The van der Waals surface area contributed by atoms with E-state index in [1.54, 1.807) is 0 Å². The maximum atomic E-state index is 4.61. The fourth-order valence-electron chi connectivity index (χ4n) is 2.65. The third-order valence-corrected chi connectivity index (χ3v) is 4.57. The Kier molecular flexibility index (Phi) is 7.65. The standard InChI is InChI=1S/C20H26BrN/c1-2-3-4-5-6-7-8-9-20-15-12-18(16-22-20)17-10-13-19(21)14-11-17/h10-16H,2-9H2,1H3. The quantitative estimate of drug-likeness (QED) is 0.448. The number of benzene rings is 1. The van der Waals surface area contributed by atoms with Crippen LogP contribution in [0.3, 0.4) is 0 Å². The third kappa shape index (κ3) is 5.92. The molecule has 0 aliphatic heterocycles. The third-order valence-electron chi connectivity index (χ3n) is 4.04. The van der Waals surface area contributed by atoms with Crippen LogP contribution in [0.5, 0.6) is 0 Å². The molecule has 0 unspecified atom stereocenters. The number of pyridine rings is 1. The van der Waals surface area contributed by atoms with Gasteiger partial charge in [-0.2, -0.15) is 0 Å². The average Bonchev–Trinajstić information content (AvgIpc) is 2.55. The van der Waals surface area contributed by atoms with E-state index in [1.165, 1.54) is 61.8 Å². The molecule has 2 heteroatoms. The largest absolute Gasteiger partial charge is 0.261 e. The summed E-state index contributed by atoms with van der Waals surface area (Å²) in [4.78, 5) is 4.61. The molecule has 1 heterocycles. The van der Waals surface area contributed by atoms with Crippen molar-refractivity contribution in [2.45, 2.75) is 58.3 Å². The average molecular weight is 360 g/mol. The van der Waals surface area contributed by atoms with Crippen LogP contribution in [0.1, 0.15) is 57.6 Å². The predicted octanol–water partition coefficient (Wildman–Crippen LogP) is 6.80. The molecule has 1 aromatic heterocycles. The SMILES string of the molecule is CCCCCCCCCc1ccc(-c2ccc(Br)cc2)cn1. The van der Waals surface area contributed by atoms with Crippen molar-refractivity contribution in [3.8, 4) is 11.1 Å². The second kappa shape index (κ2) is 9.78. The van der Waals surface area contributed by atoms with Gasteiger partial charge in [0.05, 0.1) is 0 Å². The molecule has 0 bridgehead atoms. The highest BCUT2D eigenvalue weighted by Crippen LogP contribution is 2.21. The van der Waals surface area contributed by atoms with Crippen molar-refractivity contribution in [1.29, 1.82) is 0 Å². The van der Waals surface area contributed by atoms with Crippen molar-refractivity contribution in [3.05, 3.63) is 52.8 Å². The van der Waals surface area contributed by atoms with Crippen molar-refractivity contribution in [3.63, 3.8) is 0 Å². The highest BCUT2D eigenvalue weighted by atomic mass is 79.9. The molecular weight excluding hydrogens is 334 g/mol. The van der Waals surface area contributed by atoms with E-state index in [9.17, 15) is 0 Å². The monoisotopic (exact) mass is 359 g/mol. The summed E-state index contributed by atoms with van der Waals surface area (Å²) >= 11 is 3.47. The van der Waals surface area contributed by atoms with Gasteiger partial charge in [-0.05, 0) is 36.6 Å². The Morgan fingerprint density at radius 3 is 2.05 bits per heavy atom. The Morgan fingerprint density at radius 1 is 0.773 bits per heavy atom. The summed E-state index contributed by atoms with van der Waals surface area (Å²) in [5, 5.41) is 0. The van der Waals surface area contributed by atoms with Crippen LogP contribution in [0.25, 0.3) is 11.1 Å². The molecule has 118 valence electrons. The summed E-state index contributed by atoms with van der Waals surface area (Å²) in [6, 6.07) is 12.7. The Hall–Kier alpha value is -1.15. The van der Waals surface area contributed by atoms with Gasteiger partial charge in [0, 0.05) is 21.9 Å². The lowest BCUT2D eigenvalue weighted by Gasteiger charge is -2.05. The van der Waals surface area contributed by atoms with E-state index in [2.05, 4.69) is 64.2 Å². The van der Waals surface area contributed by atoms with Gasteiger partial charge in [-0.25, -0.2) is 0 Å². The van der Waals surface area contributed by atoms with Gasteiger partial charge in [0.15, 0.2) is 0 Å². The highest BCUT2D eigenvalue weighted by molar-refractivity contribution is 9.10. The molecular formula is C20H26BrN. The summed E-state index contributed by atoms with van der Waals surface area (Å²) in [5.41, 5.74) is 3.63. The number of hydrogen-bond donors (Lipinski definition) is 0. The van der Waals surface area contributed by atoms with Gasteiger partial charge in [0.25, 0.3) is 0 Å². The topological polar surface area (TPSA) is 12.9 Å². The summed E-state index contributed by atoms with van der Waals surface area (Å²) in [7, 11) is 0. The van der Waals surface area contributed by atoms with Gasteiger partial charge in [-0.15, -0.1) is 0 Å². The van der Waals surface area contributed by atoms with Crippen molar-refractivity contribution >= 4 is 15.9 Å². The van der Waals surface area contributed by atoms with Crippen LogP contribution in [-0.4, -0.2) is 4.98 Å². The van der Waals surface area contributed by atoms with E-state index in [-0.39, 0.29) is 0 Å². The van der Waals surface area contributed by atoms with Crippen LogP contribution in [0.4, 0.5) is 0 Å². The van der Waals surface area contributed by atoms with E-state index in [0.717, 1.165) is 10.9 Å². The second-order valence-corrected chi connectivity index (χ2v) is 6.83. The van der Waals surface area contributed by atoms with Crippen LogP contribution >= 0.6 is 15.9 Å². The van der Waals surface area contributed by atoms with Gasteiger partial charge in [-0.1, -0.05) is 79.6 Å². The summed E-state index contributed by atoms with van der Waals surface area (Å²) in [5.74, 6) is 0. The van der Waals surface area contributed by atoms with Crippen LogP contribution in [0.2, 0.25) is 0 Å². The molecule has 1 nitrogen and oxygen atoms in total. The fourth-order valence-corrected chi connectivity index (χ4v) is 2.91. The smallest absolute Gasteiger partial charge is 0.0404 e. The number of rotatable bonds is 9. The highest BCUT2D eigenvalue weighted by Gasteiger charge is 2.00. The molecule has 0 fully saturated rings. The zero-order chi connectivity index (χ0) is 15.6. The van der Waals surface area contributed by atoms with Crippen molar-refractivity contribution in [2.75, 3.05) is 0 Å². The molecule has 0 saturated heterocycles. The van der Waals surface area contributed by atoms with E-state index < -0.39 is 0 Å². The lowest BCUT2D eigenvalue weighted by molar-refractivity contribution is 0.587. The molecule has 0 N–H and O–H groups in total. The normalized spacial score (nSPS) is 10.8. The first kappa shape index (κ1) is 17.2. The minimum Gasteiger partial charge on any atom is -0.261 e. The predicted molar refractivity (Wildman–Crippen MR) is 99.1 cm³/mol. The van der Waals surface area contributed by atoms with Crippen LogP contribution in [0, 0.1) is 0 Å². The molecule has 2 rings (SSSR count). The molecule has 0 aliphatic carbocycles. The van der Waals surface area contributed by atoms with E-state index in [1.807, 2.05) is 6.20 Å². The lowest BCUT2D eigenvalue weighted by Crippen LogP contribution is -1.91.